The molecule has 0 bridgehead atoms. The van der Waals surface area contributed by atoms with Crippen LogP contribution in [0.1, 0.15) is 22.9 Å². The van der Waals surface area contributed by atoms with Gasteiger partial charge in [-0.3, -0.25) is 9.97 Å². The molecular formula is C18H14BrN7. The van der Waals surface area contributed by atoms with E-state index in [1.807, 2.05) is 24.0 Å². The van der Waals surface area contributed by atoms with Gasteiger partial charge in [-0.15, -0.1) is 0 Å². The van der Waals surface area contributed by atoms with Gasteiger partial charge in [-0.2, -0.15) is 5.10 Å². The summed E-state index contributed by atoms with van der Waals surface area (Å²) in [4.78, 5) is 17.7. The molecule has 4 heterocycles. The number of imidazole rings is 1. The molecule has 0 saturated carbocycles. The topological polar surface area (TPSA) is 74.3 Å². The van der Waals surface area contributed by atoms with Crippen molar-refractivity contribution < 1.29 is 0 Å². The van der Waals surface area contributed by atoms with Crippen molar-refractivity contribution in [2.24, 2.45) is 0 Å². The molecule has 8 heteroatoms. The first-order chi connectivity index (χ1) is 12.7. The van der Waals surface area contributed by atoms with Crippen LogP contribution in [0.5, 0.6) is 0 Å². The SMILES string of the molecule is Cc1ncn2c1Cn1nc(Cc3cnccn3)nc1-c1cc(Br)ccc1-2. The van der Waals surface area contributed by atoms with Gasteiger partial charge in [0.2, 0.25) is 0 Å². The van der Waals surface area contributed by atoms with Crippen LogP contribution in [0.25, 0.3) is 17.1 Å². The predicted molar refractivity (Wildman–Crippen MR) is 99.0 cm³/mol. The van der Waals surface area contributed by atoms with Crippen molar-refractivity contribution in [3.63, 3.8) is 0 Å². The predicted octanol–water partition coefficient (Wildman–Crippen LogP) is 2.94. The molecule has 0 N–H and O–H groups in total. The maximum absolute atomic E-state index is 4.81. The molecule has 0 fully saturated rings. The van der Waals surface area contributed by atoms with Gasteiger partial charge in [0.05, 0.1) is 42.1 Å². The van der Waals surface area contributed by atoms with Gasteiger partial charge in [0.1, 0.15) is 0 Å². The van der Waals surface area contributed by atoms with E-state index in [2.05, 4.69) is 47.6 Å². The van der Waals surface area contributed by atoms with Crippen LogP contribution in [0, 0.1) is 6.92 Å². The van der Waals surface area contributed by atoms with Crippen molar-refractivity contribution in [3.05, 3.63) is 70.5 Å². The molecule has 1 aliphatic rings. The van der Waals surface area contributed by atoms with E-state index >= 15 is 0 Å². The second-order valence-electron chi connectivity index (χ2n) is 6.19. The molecule has 0 radical (unpaired) electrons. The zero-order valence-electron chi connectivity index (χ0n) is 14.0. The number of aromatic nitrogens is 7. The lowest BCUT2D eigenvalue weighted by Gasteiger charge is -2.08. The lowest BCUT2D eigenvalue weighted by Crippen LogP contribution is -2.06. The summed E-state index contributed by atoms with van der Waals surface area (Å²) in [7, 11) is 0. The number of benzene rings is 1. The Labute approximate surface area is 157 Å². The molecule has 7 nitrogen and oxygen atoms in total. The summed E-state index contributed by atoms with van der Waals surface area (Å²) in [6.07, 6.45) is 7.51. The largest absolute Gasteiger partial charge is 0.300 e. The standard InChI is InChI=1S/C18H14BrN7/c1-11-16-9-26-18(23-17(24-26)7-13-8-20-4-5-21-13)14-6-12(19)2-3-15(14)25(16)10-22-11/h2-6,8,10H,7,9H2,1H3. The molecule has 0 atom stereocenters. The zero-order valence-corrected chi connectivity index (χ0v) is 15.6. The van der Waals surface area contributed by atoms with Gasteiger partial charge in [-0.25, -0.2) is 14.6 Å². The van der Waals surface area contributed by atoms with Crippen LogP contribution in [0.2, 0.25) is 0 Å². The Hall–Kier alpha value is -2.87. The Morgan fingerprint density at radius 2 is 2.12 bits per heavy atom. The highest BCUT2D eigenvalue weighted by molar-refractivity contribution is 9.10. The highest BCUT2D eigenvalue weighted by atomic mass is 79.9. The van der Waals surface area contributed by atoms with Crippen LogP contribution in [0.15, 0.2) is 47.6 Å². The first-order valence-corrected chi connectivity index (χ1v) is 9.00. The van der Waals surface area contributed by atoms with Crippen molar-refractivity contribution in [1.29, 1.82) is 0 Å². The zero-order chi connectivity index (χ0) is 17.7. The Morgan fingerprint density at radius 3 is 2.96 bits per heavy atom. The van der Waals surface area contributed by atoms with E-state index in [4.69, 9.17) is 10.1 Å². The third-order valence-electron chi connectivity index (χ3n) is 4.51. The van der Waals surface area contributed by atoms with Gasteiger partial charge in [0.25, 0.3) is 0 Å². The fraction of sp³-hybridized carbons (Fsp3) is 0.167. The monoisotopic (exact) mass is 407 g/mol. The molecule has 5 rings (SSSR count). The van der Waals surface area contributed by atoms with Crippen LogP contribution in [-0.4, -0.2) is 34.3 Å². The molecule has 3 aromatic heterocycles. The minimum Gasteiger partial charge on any atom is -0.300 e. The molecule has 0 amide bonds. The van der Waals surface area contributed by atoms with E-state index in [1.165, 1.54) is 0 Å². The molecule has 128 valence electrons. The van der Waals surface area contributed by atoms with Gasteiger partial charge >= 0.3 is 0 Å². The molecule has 0 aliphatic carbocycles. The highest BCUT2D eigenvalue weighted by Crippen LogP contribution is 2.33. The molecule has 1 aromatic carbocycles. The maximum atomic E-state index is 4.81. The van der Waals surface area contributed by atoms with E-state index < -0.39 is 0 Å². The lowest BCUT2D eigenvalue weighted by molar-refractivity contribution is 0.663. The minimum atomic E-state index is 0.551. The molecule has 26 heavy (non-hydrogen) atoms. The van der Waals surface area contributed by atoms with Gasteiger partial charge in [-0.1, -0.05) is 15.9 Å². The first-order valence-electron chi connectivity index (χ1n) is 8.21. The number of hydrogen-bond donors (Lipinski definition) is 0. The van der Waals surface area contributed by atoms with Gasteiger partial charge in [0, 0.05) is 28.6 Å². The quantitative estimate of drug-likeness (QED) is 0.449. The van der Waals surface area contributed by atoms with Gasteiger partial charge < -0.3 is 4.57 Å². The van der Waals surface area contributed by atoms with Crippen molar-refractivity contribution in [3.8, 4) is 17.1 Å². The summed E-state index contributed by atoms with van der Waals surface area (Å²) < 4.78 is 5.07. The molecule has 0 unspecified atom stereocenters. The number of fused-ring (bicyclic) bond motifs is 5. The second kappa shape index (κ2) is 5.84. The average Bonchev–Trinajstić information content (AvgIpc) is 3.17. The maximum Gasteiger partial charge on any atom is 0.160 e. The number of halogens is 1. The fourth-order valence-electron chi connectivity index (χ4n) is 3.26. The average molecular weight is 408 g/mol. The lowest BCUT2D eigenvalue weighted by atomic mass is 10.1. The van der Waals surface area contributed by atoms with E-state index in [9.17, 15) is 0 Å². The number of rotatable bonds is 2. The summed E-state index contributed by atoms with van der Waals surface area (Å²) in [6, 6.07) is 6.19. The molecule has 1 aliphatic heterocycles. The third kappa shape index (κ3) is 2.45. The summed E-state index contributed by atoms with van der Waals surface area (Å²) in [6.45, 7) is 2.65. The first kappa shape index (κ1) is 15.4. The second-order valence-corrected chi connectivity index (χ2v) is 7.11. The Morgan fingerprint density at radius 1 is 1.19 bits per heavy atom. The highest BCUT2D eigenvalue weighted by Gasteiger charge is 2.24. The molecule has 0 spiro atoms. The normalized spacial score (nSPS) is 12.2. The van der Waals surface area contributed by atoms with E-state index in [1.54, 1.807) is 18.6 Å². The summed E-state index contributed by atoms with van der Waals surface area (Å²) >= 11 is 3.57. The summed E-state index contributed by atoms with van der Waals surface area (Å²) in [5.74, 6) is 1.58. The number of hydrogen-bond acceptors (Lipinski definition) is 5. The van der Waals surface area contributed by atoms with Crippen molar-refractivity contribution in [2.45, 2.75) is 19.9 Å². The van der Waals surface area contributed by atoms with Crippen molar-refractivity contribution >= 4 is 15.9 Å². The number of aryl methyl sites for hydroxylation is 1. The van der Waals surface area contributed by atoms with Crippen LogP contribution in [-0.2, 0) is 13.0 Å². The fourth-order valence-corrected chi connectivity index (χ4v) is 3.62. The summed E-state index contributed by atoms with van der Waals surface area (Å²) in [5, 5.41) is 4.74. The minimum absolute atomic E-state index is 0.551. The number of nitrogens with zero attached hydrogens (tertiary/aromatic N) is 7. The van der Waals surface area contributed by atoms with Crippen LogP contribution >= 0.6 is 15.9 Å². The van der Waals surface area contributed by atoms with Gasteiger partial charge in [0.15, 0.2) is 11.6 Å². The van der Waals surface area contributed by atoms with E-state index in [0.29, 0.717) is 13.0 Å². The Kier molecular flexibility index (Phi) is 3.46. The van der Waals surface area contributed by atoms with Crippen LogP contribution < -0.4 is 0 Å². The third-order valence-corrected chi connectivity index (χ3v) is 5.00. The van der Waals surface area contributed by atoms with E-state index in [-0.39, 0.29) is 0 Å². The van der Waals surface area contributed by atoms with Crippen molar-refractivity contribution in [2.75, 3.05) is 0 Å². The molecule has 4 aromatic rings. The Balaban J connectivity index is 1.68. The van der Waals surface area contributed by atoms with E-state index in [0.717, 1.165) is 44.5 Å². The summed E-state index contributed by atoms with van der Waals surface area (Å²) in [5.41, 5.74) is 5.04. The Bertz CT molecular complexity index is 1110. The molecule has 0 saturated heterocycles. The van der Waals surface area contributed by atoms with Crippen LogP contribution in [0.3, 0.4) is 0 Å². The van der Waals surface area contributed by atoms with Crippen LogP contribution in [0.4, 0.5) is 0 Å². The van der Waals surface area contributed by atoms with Crippen molar-refractivity contribution in [1.82, 2.24) is 34.3 Å². The van der Waals surface area contributed by atoms with Gasteiger partial charge in [-0.05, 0) is 25.1 Å². The smallest absolute Gasteiger partial charge is 0.160 e. The molecular weight excluding hydrogens is 394 g/mol.